The predicted molar refractivity (Wildman–Crippen MR) is 91.4 cm³/mol. The van der Waals surface area contributed by atoms with Crippen LogP contribution in [0.4, 0.5) is 8.78 Å². The third kappa shape index (κ3) is 5.15. The normalized spacial score (nSPS) is 23.0. The van der Waals surface area contributed by atoms with Gasteiger partial charge in [0, 0.05) is 12.6 Å². The molecule has 0 saturated carbocycles. The van der Waals surface area contributed by atoms with Crippen molar-refractivity contribution in [3.63, 3.8) is 0 Å². The Morgan fingerprint density at radius 1 is 1.00 bits per heavy atom. The van der Waals surface area contributed by atoms with E-state index in [0.717, 1.165) is 13.1 Å². The van der Waals surface area contributed by atoms with Gasteiger partial charge in [0.2, 0.25) is 0 Å². The molecule has 3 nitrogen and oxygen atoms in total. The Hall–Kier alpha value is -1.20. The second-order valence-corrected chi connectivity index (χ2v) is 6.98. The summed E-state index contributed by atoms with van der Waals surface area (Å²) >= 11 is 0. The van der Waals surface area contributed by atoms with Crippen molar-refractivity contribution in [2.75, 3.05) is 26.2 Å². The van der Waals surface area contributed by atoms with E-state index in [9.17, 15) is 8.78 Å². The molecule has 0 unspecified atom stereocenters. The molecule has 5 heteroatoms. The molecule has 2 heterocycles. The lowest BCUT2D eigenvalue weighted by molar-refractivity contribution is -0.0498. The highest BCUT2D eigenvalue weighted by atomic mass is 19.3. The first-order valence-electron chi connectivity index (χ1n) is 9.21. The lowest BCUT2D eigenvalue weighted by Crippen LogP contribution is -2.40. The molecule has 3 rings (SSSR count). The minimum atomic E-state index is -2.76. The summed E-state index contributed by atoms with van der Waals surface area (Å²) < 4.78 is 28.9. The molecular formula is C19H28F2N2O. The third-order valence-electron chi connectivity index (χ3n) is 5.26. The van der Waals surface area contributed by atoms with Crippen LogP contribution in [0.15, 0.2) is 24.3 Å². The molecule has 2 fully saturated rings. The van der Waals surface area contributed by atoms with Gasteiger partial charge in [-0.2, -0.15) is 8.78 Å². The molecule has 2 saturated heterocycles. The highest BCUT2D eigenvalue weighted by Gasteiger charge is 2.23. The Kier molecular flexibility index (Phi) is 6.44. The Balaban J connectivity index is 1.52. The summed E-state index contributed by atoms with van der Waals surface area (Å²) in [6, 6.07) is 7.75. The van der Waals surface area contributed by atoms with Gasteiger partial charge in [0.25, 0.3) is 0 Å². The zero-order chi connectivity index (χ0) is 16.8. The first-order valence-corrected chi connectivity index (χ1v) is 9.21. The molecule has 0 aliphatic carbocycles. The van der Waals surface area contributed by atoms with Gasteiger partial charge in [-0.3, -0.25) is 4.90 Å². The number of likely N-dealkylation sites (tertiary alicyclic amines) is 2. The van der Waals surface area contributed by atoms with Crippen LogP contribution in [0.2, 0.25) is 0 Å². The van der Waals surface area contributed by atoms with Crippen LogP contribution < -0.4 is 4.74 Å². The largest absolute Gasteiger partial charge is 0.435 e. The van der Waals surface area contributed by atoms with E-state index in [1.165, 1.54) is 63.7 Å². The Morgan fingerprint density at radius 3 is 2.42 bits per heavy atom. The number of rotatable bonds is 7. The molecule has 1 aromatic carbocycles. The van der Waals surface area contributed by atoms with Gasteiger partial charge in [0.15, 0.2) is 0 Å². The quantitative estimate of drug-likeness (QED) is 0.743. The smallest absolute Gasteiger partial charge is 0.387 e. The van der Waals surface area contributed by atoms with Crippen molar-refractivity contribution in [2.24, 2.45) is 0 Å². The molecule has 24 heavy (non-hydrogen) atoms. The zero-order valence-corrected chi connectivity index (χ0v) is 14.3. The number of halogens is 2. The van der Waals surface area contributed by atoms with Gasteiger partial charge in [-0.15, -0.1) is 0 Å². The second kappa shape index (κ2) is 8.77. The van der Waals surface area contributed by atoms with Crippen molar-refractivity contribution < 1.29 is 13.5 Å². The molecule has 2 aliphatic heterocycles. The van der Waals surface area contributed by atoms with Crippen LogP contribution >= 0.6 is 0 Å². The standard InChI is InChI=1S/C19H28F2N2O/c20-19(21)24-18-8-6-16(7-9-18)15-23-13-2-1-5-17(23)10-14-22-11-3-4-12-22/h6-9,17,19H,1-5,10-15H2/t17-/m1/s1. The van der Waals surface area contributed by atoms with Gasteiger partial charge in [-0.05, 0) is 76.0 Å². The summed E-state index contributed by atoms with van der Waals surface area (Å²) in [6.07, 6.45) is 7.80. The van der Waals surface area contributed by atoms with Crippen molar-refractivity contribution in [1.82, 2.24) is 9.80 Å². The van der Waals surface area contributed by atoms with Crippen LogP contribution in [0.25, 0.3) is 0 Å². The fourth-order valence-corrected chi connectivity index (χ4v) is 3.94. The summed E-state index contributed by atoms with van der Waals surface area (Å²) in [5, 5.41) is 0. The molecule has 0 spiro atoms. The fourth-order valence-electron chi connectivity index (χ4n) is 3.94. The Morgan fingerprint density at radius 2 is 1.71 bits per heavy atom. The molecule has 134 valence electrons. The third-order valence-corrected chi connectivity index (χ3v) is 5.26. The maximum atomic E-state index is 12.2. The molecule has 1 aromatic rings. The van der Waals surface area contributed by atoms with E-state index in [1.54, 1.807) is 12.1 Å². The van der Waals surface area contributed by atoms with Crippen molar-refractivity contribution in [2.45, 2.75) is 57.7 Å². The molecule has 0 bridgehead atoms. The van der Waals surface area contributed by atoms with E-state index in [-0.39, 0.29) is 5.75 Å². The van der Waals surface area contributed by atoms with Gasteiger partial charge in [0.1, 0.15) is 5.75 Å². The van der Waals surface area contributed by atoms with Gasteiger partial charge >= 0.3 is 6.61 Å². The maximum absolute atomic E-state index is 12.2. The van der Waals surface area contributed by atoms with Gasteiger partial charge in [-0.25, -0.2) is 0 Å². The van der Waals surface area contributed by atoms with E-state index in [4.69, 9.17) is 0 Å². The van der Waals surface area contributed by atoms with E-state index in [1.807, 2.05) is 12.1 Å². The average molecular weight is 338 g/mol. The highest BCUT2D eigenvalue weighted by molar-refractivity contribution is 5.27. The monoisotopic (exact) mass is 338 g/mol. The van der Waals surface area contributed by atoms with Crippen LogP contribution in [0.1, 0.15) is 44.1 Å². The topological polar surface area (TPSA) is 15.7 Å². The number of benzene rings is 1. The lowest BCUT2D eigenvalue weighted by atomic mass is 9.98. The average Bonchev–Trinajstić information content (AvgIpc) is 3.09. The van der Waals surface area contributed by atoms with Crippen LogP contribution in [0.3, 0.4) is 0 Å². The molecule has 0 aromatic heterocycles. The zero-order valence-electron chi connectivity index (χ0n) is 14.3. The summed E-state index contributed by atoms with van der Waals surface area (Å²) in [4.78, 5) is 5.16. The number of ether oxygens (including phenoxy) is 1. The predicted octanol–water partition coefficient (Wildman–Crippen LogP) is 4.13. The fraction of sp³-hybridized carbons (Fsp3) is 0.684. The van der Waals surface area contributed by atoms with Gasteiger partial charge in [0.05, 0.1) is 0 Å². The van der Waals surface area contributed by atoms with Crippen molar-refractivity contribution >= 4 is 0 Å². The summed E-state index contributed by atoms with van der Waals surface area (Å²) in [5.74, 6) is 0.234. The number of hydrogen-bond acceptors (Lipinski definition) is 3. The number of alkyl halides is 2. The second-order valence-electron chi connectivity index (χ2n) is 6.98. The number of hydrogen-bond donors (Lipinski definition) is 0. The minimum absolute atomic E-state index is 0.234. The van der Waals surface area contributed by atoms with Crippen LogP contribution in [-0.2, 0) is 6.54 Å². The lowest BCUT2D eigenvalue weighted by Gasteiger charge is -2.36. The maximum Gasteiger partial charge on any atom is 0.387 e. The van der Waals surface area contributed by atoms with Crippen LogP contribution in [0.5, 0.6) is 5.75 Å². The summed E-state index contributed by atoms with van der Waals surface area (Å²) in [6.45, 7) is 3.02. The Labute approximate surface area is 143 Å². The van der Waals surface area contributed by atoms with Crippen LogP contribution in [0, 0.1) is 0 Å². The summed E-state index contributed by atoms with van der Waals surface area (Å²) in [5.41, 5.74) is 1.17. The molecule has 0 radical (unpaired) electrons. The van der Waals surface area contributed by atoms with Crippen molar-refractivity contribution in [3.8, 4) is 5.75 Å². The van der Waals surface area contributed by atoms with E-state index in [0.29, 0.717) is 6.04 Å². The Bertz CT molecular complexity index is 489. The van der Waals surface area contributed by atoms with Gasteiger partial charge in [-0.1, -0.05) is 18.6 Å². The summed E-state index contributed by atoms with van der Waals surface area (Å²) in [7, 11) is 0. The molecular weight excluding hydrogens is 310 g/mol. The first kappa shape index (κ1) is 17.6. The van der Waals surface area contributed by atoms with E-state index in [2.05, 4.69) is 14.5 Å². The van der Waals surface area contributed by atoms with Gasteiger partial charge < -0.3 is 9.64 Å². The highest BCUT2D eigenvalue weighted by Crippen LogP contribution is 2.24. The van der Waals surface area contributed by atoms with Crippen LogP contribution in [-0.4, -0.2) is 48.6 Å². The first-order chi connectivity index (χ1) is 11.7. The number of piperidine rings is 1. The molecule has 1 atom stereocenters. The minimum Gasteiger partial charge on any atom is -0.435 e. The van der Waals surface area contributed by atoms with E-state index < -0.39 is 6.61 Å². The SMILES string of the molecule is FC(F)Oc1ccc(CN2CCCC[C@@H]2CCN2CCCC2)cc1. The van der Waals surface area contributed by atoms with Crippen molar-refractivity contribution in [1.29, 1.82) is 0 Å². The van der Waals surface area contributed by atoms with E-state index >= 15 is 0 Å². The molecule has 0 amide bonds. The van der Waals surface area contributed by atoms with Crippen molar-refractivity contribution in [3.05, 3.63) is 29.8 Å². The molecule has 0 N–H and O–H groups in total. The number of nitrogens with zero attached hydrogens (tertiary/aromatic N) is 2. The molecule has 2 aliphatic rings.